The highest BCUT2D eigenvalue weighted by molar-refractivity contribution is 7.47. The minimum absolute atomic E-state index is 0.108. The number of phosphoric ester groups is 2. The molecule has 0 aliphatic rings. The van der Waals surface area contributed by atoms with Gasteiger partial charge in [0.1, 0.15) is 19.3 Å². The van der Waals surface area contributed by atoms with Gasteiger partial charge in [-0.1, -0.05) is 297 Å². The van der Waals surface area contributed by atoms with Gasteiger partial charge in [-0.05, 0) is 25.7 Å². The van der Waals surface area contributed by atoms with Crippen LogP contribution >= 0.6 is 15.6 Å². The summed E-state index contributed by atoms with van der Waals surface area (Å²) >= 11 is 0. The molecule has 5 atom stereocenters. The number of aliphatic hydroxyl groups excluding tert-OH is 1. The molecule has 19 heteroatoms. The Morgan fingerprint density at radius 2 is 0.465 bits per heavy atom. The van der Waals surface area contributed by atoms with E-state index in [1.165, 1.54) is 180 Å². The number of carbonyl (C=O) groups is 4. The molecule has 0 aliphatic heterocycles. The average Bonchev–Trinajstić information content (AvgIpc) is 3.69. The van der Waals surface area contributed by atoms with Gasteiger partial charge >= 0.3 is 39.5 Å². The quantitative estimate of drug-likeness (QED) is 0.0222. The Hall–Kier alpha value is -1.94. The van der Waals surface area contributed by atoms with Crippen molar-refractivity contribution in [3.63, 3.8) is 0 Å². The number of aliphatic hydroxyl groups is 1. The molecular weight excluding hydrogens is 1140 g/mol. The molecule has 0 radical (unpaired) electrons. The van der Waals surface area contributed by atoms with Crippen molar-refractivity contribution in [3.8, 4) is 0 Å². The topological polar surface area (TPSA) is 237 Å². The highest BCUT2D eigenvalue weighted by atomic mass is 31.2. The fraction of sp³-hybridized carbons (Fsp3) is 0.940. The zero-order valence-electron chi connectivity index (χ0n) is 55.3. The van der Waals surface area contributed by atoms with Gasteiger partial charge in [-0.15, -0.1) is 0 Å². The highest BCUT2D eigenvalue weighted by Gasteiger charge is 2.30. The van der Waals surface area contributed by atoms with E-state index in [0.29, 0.717) is 25.7 Å². The average molecular weight is 1270 g/mol. The lowest BCUT2D eigenvalue weighted by Gasteiger charge is -2.21. The van der Waals surface area contributed by atoms with Gasteiger partial charge in [0.05, 0.1) is 26.4 Å². The second-order valence-corrected chi connectivity index (χ2v) is 27.1. The maximum absolute atomic E-state index is 13.0. The van der Waals surface area contributed by atoms with Crippen LogP contribution in [0.3, 0.4) is 0 Å². The molecule has 0 amide bonds. The number of unbranched alkanes of at least 4 members (excludes halogenated alkanes) is 42. The number of rotatable bonds is 68. The lowest BCUT2D eigenvalue weighted by molar-refractivity contribution is -0.161. The molecule has 0 aliphatic carbocycles. The third-order valence-electron chi connectivity index (χ3n) is 15.6. The predicted molar refractivity (Wildman–Crippen MR) is 345 cm³/mol. The van der Waals surface area contributed by atoms with E-state index >= 15 is 0 Å². The molecule has 0 aromatic rings. The normalized spacial score (nSPS) is 14.1. The number of ether oxygens (including phenoxy) is 4. The van der Waals surface area contributed by atoms with Crippen LogP contribution in [0.4, 0.5) is 0 Å². The molecule has 0 rings (SSSR count). The molecule has 0 fully saturated rings. The van der Waals surface area contributed by atoms with Crippen LogP contribution in [0, 0.1) is 0 Å². The fourth-order valence-electron chi connectivity index (χ4n) is 10.2. The highest BCUT2D eigenvalue weighted by Crippen LogP contribution is 2.45. The Labute approximate surface area is 524 Å². The molecule has 0 spiro atoms. The number of hydrogen-bond donors (Lipinski definition) is 3. The minimum Gasteiger partial charge on any atom is -0.462 e. The summed E-state index contributed by atoms with van der Waals surface area (Å²) in [4.78, 5) is 72.3. The monoisotopic (exact) mass is 1270 g/mol. The lowest BCUT2D eigenvalue weighted by atomic mass is 10.0. The Balaban J connectivity index is 5.21. The van der Waals surface area contributed by atoms with Crippen LogP contribution in [0.15, 0.2) is 0 Å². The lowest BCUT2D eigenvalue weighted by Crippen LogP contribution is -2.30. The predicted octanol–water partition coefficient (Wildman–Crippen LogP) is 19.1. The Morgan fingerprint density at radius 3 is 0.686 bits per heavy atom. The molecule has 0 bridgehead atoms. The molecule has 510 valence electrons. The van der Waals surface area contributed by atoms with Crippen molar-refractivity contribution in [2.75, 3.05) is 39.6 Å². The molecule has 0 aromatic heterocycles. The van der Waals surface area contributed by atoms with Gasteiger partial charge in [-0.2, -0.15) is 0 Å². The molecule has 0 saturated carbocycles. The second kappa shape index (κ2) is 61.9. The molecule has 0 saturated heterocycles. The van der Waals surface area contributed by atoms with Crippen molar-refractivity contribution >= 4 is 39.5 Å². The molecule has 86 heavy (non-hydrogen) atoms. The largest absolute Gasteiger partial charge is 0.472 e. The van der Waals surface area contributed by atoms with Gasteiger partial charge in [0.15, 0.2) is 12.2 Å². The van der Waals surface area contributed by atoms with Gasteiger partial charge in [0, 0.05) is 25.7 Å². The van der Waals surface area contributed by atoms with Gasteiger partial charge in [0.2, 0.25) is 0 Å². The van der Waals surface area contributed by atoms with Crippen LogP contribution in [0.1, 0.15) is 349 Å². The third-order valence-corrected chi connectivity index (χ3v) is 17.5. The first kappa shape index (κ1) is 84.1. The van der Waals surface area contributed by atoms with Gasteiger partial charge < -0.3 is 33.8 Å². The van der Waals surface area contributed by atoms with E-state index in [0.717, 1.165) is 89.9 Å². The molecule has 3 N–H and O–H groups in total. The molecule has 0 heterocycles. The van der Waals surface area contributed by atoms with Crippen LogP contribution in [0.2, 0.25) is 0 Å². The first-order valence-corrected chi connectivity index (χ1v) is 38.3. The van der Waals surface area contributed by atoms with Crippen molar-refractivity contribution in [3.05, 3.63) is 0 Å². The van der Waals surface area contributed by atoms with Gasteiger partial charge in [0.25, 0.3) is 0 Å². The van der Waals surface area contributed by atoms with E-state index in [1.807, 2.05) is 0 Å². The number of phosphoric acid groups is 2. The summed E-state index contributed by atoms with van der Waals surface area (Å²) in [6.07, 6.45) is 48.4. The fourth-order valence-corrected chi connectivity index (χ4v) is 11.7. The smallest absolute Gasteiger partial charge is 0.462 e. The molecule has 2 unspecified atom stereocenters. The summed E-state index contributed by atoms with van der Waals surface area (Å²) in [6, 6.07) is 0. The minimum atomic E-state index is -4.94. The maximum atomic E-state index is 13.0. The SMILES string of the molecule is CCCCCCCCCCCCCCCCCC(=O)O[C@H](COC(=O)CCCCCCCCCCC)COP(=O)(O)OC[C@H](O)COP(=O)(O)OC[C@@H](COC(=O)CCCCCCCCCCCC)OC(=O)CCCCCCCCCCCCCC. The van der Waals surface area contributed by atoms with Crippen LogP contribution in [-0.2, 0) is 65.4 Å². The second-order valence-electron chi connectivity index (χ2n) is 24.2. The summed E-state index contributed by atoms with van der Waals surface area (Å²) in [5.41, 5.74) is 0. The Bertz CT molecular complexity index is 1650. The Morgan fingerprint density at radius 1 is 0.279 bits per heavy atom. The van der Waals surface area contributed by atoms with E-state index in [1.54, 1.807) is 0 Å². The zero-order chi connectivity index (χ0) is 63.3. The van der Waals surface area contributed by atoms with Crippen LogP contribution < -0.4 is 0 Å². The van der Waals surface area contributed by atoms with Crippen LogP contribution in [0.5, 0.6) is 0 Å². The van der Waals surface area contributed by atoms with E-state index in [2.05, 4.69) is 27.7 Å². The van der Waals surface area contributed by atoms with Crippen molar-refractivity contribution in [2.45, 2.75) is 367 Å². The van der Waals surface area contributed by atoms with E-state index in [4.69, 9.17) is 37.0 Å². The maximum Gasteiger partial charge on any atom is 0.472 e. The van der Waals surface area contributed by atoms with E-state index in [9.17, 15) is 43.2 Å². The summed E-state index contributed by atoms with van der Waals surface area (Å²) in [5.74, 6) is -2.12. The third kappa shape index (κ3) is 60.9. The Kier molecular flexibility index (Phi) is 60.5. The molecular formula is C67H130O17P2. The van der Waals surface area contributed by atoms with E-state index < -0.39 is 97.5 Å². The van der Waals surface area contributed by atoms with Crippen molar-refractivity contribution < 1.29 is 80.2 Å². The zero-order valence-corrected chi connectivity index (χ0v) is 57.1. The molecule has 0 aromatic carbocycles. The summed E-state index contributed by atoms with van der Waals surface area (Å²) in [7, 11) is -9.89. The van der Waals surface area contributed by atoms with Gasteiger partial charge in [-0.25, -0.2) is 9.13 Å². The van der Waals surface area contributed by atoms with E-state index in [-0.39, 0.29) is 25.7 Å². The number of carbonyl (C=O) groups excluding carboxylic acids is 4. The first-order chi connectivity index (χ1) is 41.7. The van der Waals surface area contributed by atoms with Gasteiger partial charge in [-0.3, -0.25) is 37.3 Å². The van der Waals surface area contributed by atoms with Crippen LogP contribution in [-0.4, -0.2) is 96.7 Å². The van der Waals surface area contributed by atoms with Crippen molar-refractivity contribution in [1.29, 1.82) is 0 Å². The number of esters is 4. The summed E-state index contributed by atoms with van der Waals surface area (Å²) < 4.78 is 68.1. The molecule has 17 nitrogen and oxygen atoms in total. The standard InChI is InChI=1S/C67H130O17P2/c1-5-9-13-17-21-25-28-30-31-32-34-38-42-46-50-54-67(72)83-62(57-77-64(69)51-47-43-39-35-24-20-16-12-8-4)59-81-85(73,74)79-55-61(68)56-80-86(75,76)82-60-63(58-78-65(70)52-48-44-40-36-27-23-19-15-11-7-3)84-66(71)53-49-45-41-37-33-29-26-22-18-14-10-6-2/h61-63,68H,5-60H2,1-4H3,(H,73,74)(H,75,76)/t61-,62+,63+/m0/s1. The van der Waals surface area contributed by atoms with Crippen molar-refractivity contribution in [2.24, 2.45) is 0 Å². The first-order valence-electron chi connectivity index (χ1n) is 35.3. The van der Waals surface area contributed by atoms with Crippen molar-refractivity contribution in [1.82, 2.24) is 0 Å². The summed E-state index contributed by atoms with van der Waals surface area (Å²) in [5, 5.41) is 10.6. The summed E-state index contributed by atoms with van der Waals surface area (Å²) in [6.45, 7) is 4.91. The van der Waals surface area contributed by atoms with Crippen LogP contribution in [0.25, 0.3) is 0 Å². The number of hydrogen-bond acceptors (Lipinski definition) is 15.